The van der Waals surface area contributed by atoms with Gasteiger partial charge in [-0.1, -0.05) is 6.07 Å². The summed E-state index contributed by atoms with van der Waals surface area (Å²) in [4.78, 5) is 25.2. The van der Waals surface area contributed by atoms with Crippen molar-refractivity contribution in [1.82, 2.24) is 4.90 Å². The maximum absolute atomic E-state index is 12.4. The van der Waals surface area contributed by atoms with Crippen LogP contribution in [0.15, 0.2) is 18.2 Å². The zero-order valence-corrected chi connectivity index (χ0v) is 11.1. The Morgan fingerprint density at radius 1 is 1.42 bits per heavy atom. The molecule has 1 aromatic carbocycles. The van der Waals surface area contributed by atoms with Gasteiger partial charge in [-0.3, -0.25) is 9.59 Å². The zero-order chi connectivity index (χ0) is 14.2. The number of anilines is 1. The predicted molar refractivity (Wildman–Crippen MR) is 71.9 cm³/mol. The van der Waals surface area contributed by atoms with Crippen LogP contribution in [0, 0.1) is 12.3 Å². The molecule has 1 aliphatic rings. The first-order valence-corrected chi connectivity index (χ1v) is 6.23. The lowest BCUT2D eigenvalue weighted by atomic mass is 9.90. The lowest BCUT2D eigenvalue weighted by molar-refractivity contribution is -0.147. The van der Waals surface area contributed by atoms with Crippen molar-refractivity contribution in [2.45, 2.75) is 20.3 Å². The highest BCUT2D eigenvalue weighted by atomic mass is 16.4. The van der Waals surface area contributed by atoms with E-state index in [1.165, 1.54) is 0 Å². The molecule has 2 rings (SSSR count). The quantitative estimate of drug-likeness (QED) is 0.791. The van der Waals surface area contributed by atoms with Gasteiger partial charge in [0.25, 0.3) is 5.91 Å². The third-order valence-corrected chi connectivity index (χ3v) is 3.88. The predicted octanol–water partition coefficient (Wildman–Crippen LogP) is 1.51. The van der Waals surface area contributed by atoms with Gasteiger partial charge in [-0.25, -0.2) is 0 Å². The molecular weight excluding hydrogens is 244 g/mol. The molecule has 0 aromatic heterocycles. The van der Waals surface area contributed by atoms with Crippen LogP contribution < -0.4 is 5.73 Å². The fourth-order valence-electron chi connectivity index (χ4n) is 2.36. The van der Waals surface area contributed by atoms with Gasteiger partial charge in [0.05, 0.1) is 5.41 Å². The highest BCUT2D eigenvalue weighted by Gasteiger charge is 2.42. The van der Waals surface area contributed by atoms with Gasteiger partial charge in [0, 0.05) is 24.3 Å². The molecule has 0 aliphatic carbocycles. The minimum absolute atomic E-state index is 0.144. The summed E-state index contributed by atoms with van der Waals surface area (Å²) in [6.45, 7) is 4.19. The molecule has 1 unspecified atom stereocenters. The Morgan fingerprint density at radius 3 is 2.68 bits per heavy atom. The lowest BCUT2D eigenvalue weighted by Gasteiger charge is -2.21. The normalized spacial score (nSPS) is 22.5. The van der Waals surface area contributed by atoms with E-state index < -0.39 is 11.4 Å². The molecule has 5 heteroatoms. The molecule has 102 valence electrons. The summed E-state index contributed by atoms with van der Waals surface area (Å²) in [5.74, 6) is -0.998. The van der Waals surface area contributed by atoms with Crippen molar-refractivity contribution in [3.8, 4) is 0 Å². The van der Waals surface area contributed by atoms with Gasteiger partial charge < -0.3 is 15.7 Å². The SMILES string of the molecule is Cc1c(N)cccc1C(=O)N1CCC(C)(C(=O)O)C1. The van der Waals surface area contributed by atoms with Gasteiger partial charge in [-0.2, -0.15) is 0 Å². The molecule has 1 saturated heterocycles. The Balaban J connectivity index is 2.23. The number of aliphatic carboxylic acids is 1. The summed E-state index contributed by atoms with van der Waals surface area (Å²) >= 11 is 0. The number of hydrogen-bond acceptors (Lipinski definition) is 3. The van der Waals surface area contributed by atoms with Crippen molar-refractivity contribution in [1.29, 1.82) is 0 Å². The van der Waals surface area contributed by atoms with Crippen LogP contribution in [0.1, 0.15) is 29.3 Å². The molecule has 0 bridgehead atoms. The maximum Gasteiger partial charge on any atom is 0.311 e. The smallest absolute Gasteiger partial charge is 0.311 e. The highest BCUT2D eigenvalue weighted by Crippen LogP contribution is 2.31. The fourth-order valence-corrected chi connectivity index (χ4v) is 2.36. The molecule has 1 atom stereocenters. The molecule has 0 radical (unpaired) electrons. The Kier molecular flexibility index (Phi) is 3.22. The van der Waals surface area contributed by atoms with E-state index in [4.69, 9.17) is 5.73 Å². The highest BCUT2D eigenvalue weighted by molar-refractivity contribution is 5.97. The summed E-state index contributed by atoms with van der Waals surface area (Å²) in [6, 6.07) is 5.21. The Labute approximate surface area is 112 Å². The average molecular weight is 262 g/mol. The van der Waals surface area contributed by atoms with E-state index in [1.54, 1.807) is 36.9 Å². The topological polar surface area (TPSA) is 83.6 Å². The van der Waals surface area contributed by atoms with E-state index in [1.807, 2.05) is 0 Å². The van der Waals surface area contributed by atoms with Gasteiger partial charge in [-0.05, 0) is 38.0 Å². The second-order valence-corrected chi connectivity index (χ2v) is 5.36. The van der Waals surface area contributed by atoms with Crippen LogP contribution in [0.4, 0.5) is 5.69 Å². The Bertz CT molecular complexity index is 541. The minimum Gasteiger partial charge on any atom is -0.481 e. The molecule has 1 aromatic rings. The number of carbonyl (C=O) groups is 2. The van der Waals surface area contributed by atoms with Crippen molar-refractivity contribution in [2.24, 2.45) is 5.41 Å². The lowest BCUT2D eigenvalue weighted by Crippen LogP contribution is -2.35. The molecule has 0 saturated carbocycles. The molecule has 1 aliphatic heterocycles. The number of nitrogens with zero attached hydrogens (tertiary/aromatic N) is 1. The number of carboxylic acid groups (broad SMARTS) is 1. The van der Waals surface area contributed by atoms with Crippen LogP contribution in [0.5, 0.6) is 0 Å². The van der Waals surface area contributed by atoms with E-state index in [0.717, 1.165) is 5.56 Å². The number of carbonyl (C=O) groups excluding carboxylic acids is 1. The Morgan fingerprint density at radius 2 is 2.11 bits per heavy atom. The number of nitrogens with two attached hydrogens (primary N) is 1. The van der Waals surface area contributed by atoms with Gasteiger partial charge in [-0.15, -0.1) is 0 Å². The summed E-state index contributed by atoms with van der Waals surface area (Å²) in [6.07, 6.45) is 0.482. The molecule has 19 heavy (non-hydrogen) atoms. The molecule has 1 fully saturated rings. The van der Waals surface area contributed by atoms with Crippen LogP contribution >= 0.6 is 0 Å². The van der Waals surface area contributed by atoms with Crippen molar-refractivity contribution >= 4 is 17.6 Å². The van der Waals surface area contributed by atoms with Gasteiger partial charge in [0.15, 0.2) is 0 Å². The largest absolute Gasteiger partial charge is 0.481 e. The number of nitrogen functional groups attached to an aromatic ring is 1. The third kappa shape index (κ3) is 2.28. The van der Waals surface area contributed by atoms with Gasteiger partial charge in [0.1, 0.15) is 0 Å². The molecular formula is C14H18N2O3. The summed E-state index contributed by atoms with van der Waals surface area (Å²) in [5.41, 5.74) is 6.82. The molecule has 5 nitrogen and oxygen atoms in total. The first-order valence-electron chi connectivity index (χ1n) is 6.23. The number of likely N-dealkylation sites (tertiary alicyclic amines) is 1. The summed E-state index contributed by atoms with van der Waals surface area (Å²) in [5, 5.41) is 9.18. The van der Waals surface area contributed by atoms with Crippen molar-refractivity contribution in [3.63, 3.8) is 0 Å². The molecule has 1 heterocycles. The van der Waals surface area contributed by atoms with Crippen LogP contribution in [0.25, 0.3) is 0 Å². The summed E-state index contributed by atoms with van der Waals surface area (Å²) < 4.78 is 0. The summed E-state index contributed by atoms with van der Waals surface area (Å²) in [7, 11) is 0. The second-order valence-electron chi connectivity index (χ2n) is 5.36. The standard InChI is InChI=1S/C14H18N2O3/c1-9-10(4-3-5-11(9)15)12(17)16-7-6-14(2,8-16)13(18)19/h3-5H,6-8,15H2,1-2H3,(H,18,19). The van der Waals surface area contributed by atoms with Crippen molar-refractivity contribution in [2.75, 3.05) is 18.8 Å². The van der Waals surface area contributed by atoms with Crippen LogP contribution in [-0.2, 0) is 4.79 Å². The first kappa shape index (κ1) is 13.4. The van der Waals surface area contributed by atoms with Gasteiger partial charge in [0.2, 0.25) is 0 Å². The number of hydrogen-bond donors (Lipinski definition) is 2. The van der Waals surface area contributed by atoms with Crippen molar-refractivity contribution in [3.05, 3.63) is 29.3 Å². The maximum atomic E-state index is 12.4. The molecule has 3 N–H and O–H groups in total. The van der Waals surface area contributed by atoms with Gasteiger partial charge >= 0.3 is 5.97 Å². The minimum atomic E-state index is -0.855. The third-order valence-electron chi connectivity index (χ3n) is 3.88. The van der Waals surface area contributed by atoms with Crippen LogP contribution in [-0.4, -0.2) is 35.0 Å². The van der Waals surface area contributed by atoms with Crippen LogP contribution in [0.2, 0.25) is 0 Å². The Hall–Kier alpha value is -2.04. The first-order chi connectivity index (χ1) is 8.85. The average Bonchev–Trinajstić information content (AvgIpc) is 2.76. The molecule has 0 spiro atoms. The monoisotopic (exact) mass is 262 g/mol. The molecule has 1 amide bonds. The van der Waals surface area contributed by atoms with Crippen molar-refractivity contribution < 1.29 is 14.7 Å². The number of carboxylic acids is 1. The fraction of sp³-hybridized carbons (Fsp3) is 0.429. The van der Waals surface area contributed by atoms with E-state index in [-0.39, 0.29) is 12.5 Å². The zero-order valence-electron chi connectivity index (χ0n) is 11.1. The number of benzene rings is 1. The number of rotatable bonds is 2. The second kappa shape index (κ2) is 4.57. The van der Waals surface area contributed by atoms with E-state index in [9.17, 15) is 14.7 Å². The van der Waals surface area contributed by atoms with Crippen LogP contribution in [0.3, 0.4) is 0 Å². The number of amides is 1. The van der Waals surface area contributed by atoms with E-state index >= 15 is 0 Å². The van der Waals surface area contributed by atoms with E-state index in [2.05, 4.69) is 0 Å². The van der Waals surface area contributed by atoms with E-state index in [0.29, 0.717) is 24.2 Å².